The maximum Gasteiger partial charge on any atom is 0.307 e. The molecule has 2 rings (SSSR count). The molecule has 1 aliphatic carbocycles. The van der Waals surface area contributed by atoms with Crippen molar-refractivity contribution < 1.29 is 17.7 Å². The summed E-state index contributed by atoms with van der Waals surface area (Å²) < 4.78 is 46.5. The highest BCUT2D eigenvalue weighted by Gasteiger charge is 2.48. The van der Waals surface area contributed by atoms with Gasteiger partial charge in [0, 0.05) is 10.8 Å². The number of alkyl halides is 2. The van der Waals surface area contributed by atoms with Gasteiger partial charge in [-0.1, -0.05) is 24.6 Å². The monoisotopic (exact) mass is 314 g/mol. The number of hydrogen-bond acceptors (Lipinski definition) is 2. The fourth-order valence-corrected chi connectivity index (χ4v) is 3.69. The van der Waals surface area contributed by atoms with E-state index in [0.29, 0.717) is 17.7 Å². The molecule has 2 nitrogen and oxygen atoms in total. The largest absolute Gasteiger partial charge is 0.491 e. The molecule has 1 aromatic rings. The minimum atomic E-state index is -3.05. The van der Waals surface area contributed by atoms with Crippen LogP contribution in [0.2, 0.25) is 0 Å². The number of halogens is 2. The number of ether oxygens (including phenoxy) is 1. The third kappa shape index (κ3) is 3.18. The van der Waals surface area contributed by atoms with Crippen LogP contribution in [0.15, 0.2) is 39.8 Å². The molecule has 21 heavy (non-hydrogen) atoms. The van der Waals surface area contributed by atoms with Crippen LogP contribution in [0.25, 0.3) is 0 Å². The first kappa shape index (κ1) is 16.1. The van der Waals surface area contributed by atoms with Crippen LogP contribution in [0.1, 0.15) is 32.3 Å². The predicted molar refractivity (Wildman–Crippen MR) is 79.6 cm³/mol. The molecule has 0 fully saturated rings. The predicted octanol–water partition coefficient (Wildman–Crippen LogP) is 4.42. The third-order valence-electron chi connectivity index (χ3n) is 3.73. The Morgan fingerprint density at radius 3 is 2.52 bits per heavy atom. The Labute approximate surface area is 126 Å². The van der Waals surface area contributed by atoms with Gasteiger partial charge in [-0.05, 0) is 38.8 Å². The Morgan fingerprint density at radius 1 is 1.33 bits per heavy atom. The summed E-state index contributed by atoms with van der Waals surface area (Å²) in [6, 6.07) is 7.10. The summed E-state index contributed by atoms with van der Waals surface area (Å²) in [5.74, 6) is -4.23. The zero-order chi connectivity index (χ0) is 15.6. The van der Waals surface area contributed by atoms with E-state index in [1.807, 2.05) is 19.1 Å². The summed E-state index contributed by atoms with van der Waals surface area (Å²) in [6.07, 6.45) is 0.698. The maximum absolute atomic E-state index is 14.3. The Bertz CT molecular complexity index is 564. The summed E-state index contributed by atoms with van der Waals surface area (Å²) in [6.45, 7) is 5.24. The Kier molecular flexibility index (Phi) is 4.81. The van der Waals surface area contributed by atoms with Gasteiger partial charge in [-0.2, -0.15) is 8.78 Å². The van der Waals surface area contributed by atoms with Gasteiger partial charge in [0.05, 0.1) is 22.3 Å². The second kappa shape index (κ2) is 6.26. The molecule has 0 N–H and O–H groups in total. The number of rotatable bonds is 4. The summed E-state index contributed by atoms with van der Waals surface area (Å²) >= 11 is 0. The average molecular weight is 314 g/mol. The van der Waals surface area contributed by atoms with E-state index >= 15 is 0 Å². The van der Waals surface area contributed by atoms with Gasteiger partial charge in [-0.3, -0.25) is 0 Å². The van der Waals surface area contributed by atoms with Gasteiger partial charge in [0.15, 0.2) is 5.76 Å². The molecular weight excluding hydrogens is 294 g/mol. The van der Waals surface area contributed by atoms with Crippen LogP contribution in [0.5, 0.6) is 0 Å². The standard InChI is InChI=1S/C16H20F2O2S/c1-4-20-15-14(10-7-12(3)16(15,17)18)21(19)13-8-5-11(2)6-9-13/h5-6,8-9,12H,4,7,10H2,1-3H3/t12-,21?/m1/s1. The minimum absolute atomic E-state index is 0.145. The average Bonchev–Trinajstić information content (AvgIpc) is 2.45. The molecule has 1 aromatic carbocycles. The highest BCUT2D eigenvalue weighted by Crippen LogP contribution is 2.44. The van der Waals surface area contributed by atoms with Crippen LogP contribution in [0.4, 0.5) is 8.78 Å². The van der Waals surface area contributed by atoms with Crippen molar-refractivity contribution in [3.8, 4) is 0 Å². The van der Waals surface area contributed by atoms with Gasteiger partial charge in [0.2, 0.25) is 0 Å². The van der Waals surface area contributed by atoms with Crippen molar-refractivity contribution in [2.24, 2.45) is 5.92 Å². The molecule has 2 atom stereocenters. The first-order valence-electron chi connectivity index (χ1n) is 7.10. The topological polar surface area (TPSA) is 26.3 Å². The Morgan fingerprint density at radius 2 is 1.95 bits per heavy atom. The summed E-state index contributed by atoms with van der Waals surface area (Å²) in [7, 11) is -1.60. The first-order chi connectivity index (χ1) is 9.87. The van der Waals surface area contributed by atoms with E-state index in [4.69, 9.17) is 4.74 Å². The van der Waals surface area contributed by atoms with Gasteiger partial charge in [-0.15, -0.1) is 0 Å². The van der Waals surface area contributed by atoms with E-state index in [1.165, 1.54) is 6.92 Å². The molecule has 0 saturated heterocycles. The zero-order valence-corrected chi connectivity index (χ0v) is 13.3. The fraction of sp³-hybridized carbons (Fsp3) is 0.500. The molecule has 0 aliphatic heterocycles. The Balaban J connectivity index is 2.44. The van der Waals surface area contributed by atoms with E-state index in [2.05, 4.69) is 0 Å². The lowest BCUT2D eigenvalue weighted by molar-refractivity contribution is -0.0722. The highest BCUT2D eigenvalue weighted by molar-refractivity contribution is 7.89. The first-order valence-corrected chi connectivity index (χ1v) is 8.25. The zero-order valence-electron chi connectivity index (χ0n) is 12.5. The lowest BCUT2D eigenvalue weighted by atomic mass is 9.91. The molecular formula is C16H20F2O2S. The van der Waals surface area contributed by atoms with Crippen molar-refractivity contribution in [1.82, 2.24) is 0 Å². The number of benzene rings is 1. The quantitative estimate of drug-likeness (QED) is 0.822. The molecule has 0 spiro atoms. The van der Waals surface area contributed by atoms with Crippen molar-refractivity contribution in [2.75, 3.05) is 6.61 Å². The van der Waals surface area contributed by atoms with Crippen LogP contribution >= 0.6 is 0 Å². The van der Waals surface area contributed by atoms with E-state index in [0.717, 1.165) is 5.56 Å². The van der Waals surface area contributed by atoms with Crippen molar-refractivity contribution in [2.45, 2.75) is 44.4 Å². The van der Waals surface area contributed by atoms with Gasteiger partial charge < -0.3 is 4.74 Å². The molecule has 0 saturated carbocycles. The van der Waals surface area contributed by atoms with Crippen LogP contribution < -0.4 is 0 Å². The van der Waals surface area contributed by atoms with Crippen LogP contribution in [-0.2, 0) is 15.5 Å². The molecule has 116 valence electrons. The van der Waals surface area contributed by atoms with Crippen molar-refractivity contribution >= 4 is 10.8 Å². The molecule has 0 amide bonds. The molecule has 1 unspecified atom stereocenters. The van der Waals surface area contributed by atoms with Crippen molar-refractivity contribution in [1.29, 1.82) is 0 Å². The maximum atomic E-state index is 14.3. The van der Waals surface area contributed by atoms with E-state index in [9.17, 15) is 13.0 Å². The third-order valence-corrected chi connectivity index (χ3v) is 5.26. The molecule has 1 aliphatic rings. The van der Waals surface area contributed by atoms with Gasteiger partial charge in [0.1, 0.15) is 0 Å². The van der Waals surface area contributed by atoms with E-state index in [1.54, 1.807) is 19.1 Å². The van der Waals surface area contributed by atoms with Crippen LogP contribution in [-0.4, -0.2) is 16.7 Å². The normalized spacial score (nSPS) is 23.0. The minimum Gasteiger partial charge on any atom is -0.491 e. The SMILES string of the molecule is CCOC1=C(S(=O)c2ccc(C)cc2)CC[C@@H](C)C1(F)F. The van der Waals surface area contributed by atoms with E-state index < -0.39 is 22.6 Å². The second-order valence-corrected chi connectivity index (χ2v) is 6.83. The molecule has 0 radical (unpaired) electrons. The smallest absolute Gasteiger partial charge is 0.307 e. The molecule has 0 aromatic heterocycles. The Hall–Kier alpha value is -1.23. The summed E-state index contributed by atoms with van der Waals surface area (Å²) in [5.41, 5.74) is 1.04. The van der Waals surface area contributed by atoms with Crippen LogP contribution in [0, 0.1) is 12.8 Å². The van der Waals surface area contributed by atoms with Gasteiger partial charge >= 0.3 is 5.92 Å². The highest BCUT2D eigenvalue weighted by atomic mass is 32.2. The number of hydrogen-bond donors (Lipinski definition) is 0. The molecule has 0 heterocycles. The number of allylic oxidation sites excluding steroid dienone is 2. The van der Waals surface area contributed by atoms with Crippen molar-refractivity contribution in [3.05, 3.63) is 40.5 Å². The van der Waals surface area contributed by atoms with Crippen molar-refractivity contribution in [3.63, 3.8) is 0 Å². The van der Waals surface area contributed by atoms with Crippen LogP contribution in [0.3, 0.4) is 0 Å². The van der Waals surface area contributed by atoms with Gasteiger partial charge in [-0.25, -0.2) is 4.21 Å². The molecule has 5 heteroatoms. The lowest BCUT2D eigenvalue weighted by Gasteiger charge is -2.32. The number of aryl methyl sites for hydroxylation is 1. The second-order valence-electron chi connectivity index (χ2n) is 5.33. The fourth-order valence-electron chi connectivity index (χ4n) is 2.35. The lowest BCUT2D eigenvalue weighted by Crippen LogP contribution is -2.35. The molecule has 0 bridgehead atoms. The van der Waals surface area contributed by atoms with Gasteiger partial charge in [0.25, 0.3) is 0 Å². The summed E-state index contributed by atoms with van der Waals surface area (Å²) in [5, 5.41) is 0. The summed E-state index contributed by atoms with van der Waals surface area (Å²) in [4.78, 5) is 0.766. The van der Waals surface area contributed by atoms with E-state index in [-0.39, 0.29) is 17.3 Å².